The first-order valence-electron chi connectivity index (χ1n) is 4.71. The Bertz CT molecular complexity index is 548. The van der Waals surface area contributed by atoms with Gasteiger partial charge in [-0.05, 0) is 39.9 Å². The fourth-order valence-corrected chi connectivity index (χ4v) is 2.19. The average molecular weight is 267 g/mol. The van der Waals surface area contributed by atoms with Gasteiger partial charge in [0.15, 0.2) is 0 Å². The van der Waals surface area contributed by atoms with E-state index in [0.717, 1.165) is 15.9 Å². The van der Waals surface area contributed by atoms with E-state index in [0.29, 0.717) is 11.3 Å². The maximum Gasteiger partial charge on any atom is 0.270 e. The number of hydrogen-bond donors (Lipinski definition) is 0. The first-order valence-corrected chi connectivity index (χ1v) is 6.35. The minimum atomic E-state index is -0.435. The van der Waals surface area contributed by atoms with Crippen molar-refractivity contribution in [3.63, 3.8) is 0 Å². The zero-order valence-corrected chi connectivity index (χ0v) is 10.1. The van der Waals surface area contributed by atoms with Gasteiger partial charge in [-0.15, -0.1) is 0 Å². The summed E-state index contributed by atoms with van der Waals surface area (Å²) in [6.45, 7) is 0. The minimum absolute atomic E-state index is 0.0279. The van der Waals surface area contributed by atoms with Gasteiger partial charge >= 0.3 is 0 Å². The third kappa shape index (κ3) is 2.57. The van der Waals surface area contributed by atoms with Crippen molar-refractivity contribution in [2.45, 2.75) is 4.90 Å². The molecular formula is C11H7ClN2O2S. The van der Waals surface area contributed by atoms with Gasteiger partial charge in [-0.3, -0.25) is 15.1 Å². The maximum absolute atomic E-state index is 10.7. The predicted molar refractivity (Wildman–Crippen MR) is 68.0 cm³/mol. The number of non-ortho nitro benzene ring substituents is 1. The van der Waals surface area contributed by atoms with E-state index in [1.807, 2.05) is 6.07 Å². The molecule has 6 heteroatoms. The van der Waals surface area contributed by atoms with E-state index in [1.165, 1.54) is 12.1 Å². The summed E-state index contributed by atoms with van der Waals surface area (Å²) >= 11 is 0. The van der Waals surface area contributed by atoms with E-state index in [4.69, 9.17) is 10.7 Å². The van der Waals surface area contributed by atoms with Crippen LogP contribution >= 0.6 is 21.7 Å². The van der Waals surface area contributed by atoms with Gasteiger partial charge in [0, 0.05) is 28.8 Å². The molecular weight excluding hydrogens is 260 g/mol. The van der Waals surface area contributed by atoms with Crippen LogP contribution in [0.5, 0.6) is 0 Å². The van der Waals surface area contributed by atoms with Crippen molar-refractivity contribution in [2.75, 3.05) is 0 Å². The molecule has 0 aliphatic carbocycles. The molecule has 1 heterocycles. The van der Waals surface area contributed by atoms with Gasteiger partial charge in [-0.25, -0.2) is 0 Å². The van der Waals surface area contributed by atoms with Crippen LogP contribution in [-0.2, 0) is 0 Å². The highest BCUT2D eigenvalue weighted by molar-refractivity contribution is 8.21. The highest BCUT2D eigenvalue weighted by atomic mass is 35.7. The van der Waals surface area contributed by atoms with Crippen molar-refractivity contribution in [1.29, 1.82) is 0 Å². The van der Waals surface area contributed by atoms with Crippen LogP contribution in [-0.4, -0.2) is 9.91 Å². The van der Waals surface area contributed by atoms with Crippen molar-refractivity contribution in [1.82, 2.24) is 4.98 Å². The quantitative estimate of drug-likeness (QED) is 0.624. The normalized spacial score (nSPS) is 10.2. The summed E-state index contributed by atoms with van der Waals surface area (Å²) in [4.78, 5) is 15.2. The van der Waals surface area contributed by atoms with Crippen LogP contribution in [0.3, 0.4) is 0 Å². The molecule has 86 valence electrons. The van der Waals surface area contributed by atoms with Crippen molar-refractivity contribution in [3.05, 3.63) is 52.7 Å². The SMILES string of the molecule is O=[N+]([O-])c1ccc(SCl)c(-c2ccccn2)c1. The second-order valence-corrected chi connectivity index (χ2v) is 4.29. The second-order valence-electron chi connectivity index (χ2n) is 3.23. The molecule has 2 rings (SSSR count). The summed E-state index contributed by atoms with van der Waals surface area (Å²) < 4.78 is 0. The largest absolute Gasteiger partial charge is 0.270 e. The van der Waals surface area contributed by atoms with Gasteiger partial charge in [-0.1, -0.05) is 6.07 Å². The Morgan fingerprint density at radius 1 is 1.29 bits per heavy atom. The Hall–Kier alpha value is -1.59. The Morgan fingerprint density at radius 2 is 2.12 bits per heavy atom. The highest BCUT2D eigenvalue weighted by Gasteiger charge is 2.12. The van der Waals surface area contributed by atoms with Crippen molar-refractivity contribution < 1.29 is 4.92 Å². The zero-order chi connectivity index (χ0) is 12.3. The van der Waals surface area contributed by atoms with E-state index in [9.17, 15) is 10.1 Å². The van der Waals surface area contributed by atoms with Gasteiger partial charge < -0.3 is 0 Å². The summed E-state index contributed by atoms with van der Waals surface area (Å²) in [7, 11) is 6.75. The smallest absolute Gasteiger partial charge is 0.258 e. The fraction of sp³-hybridized carbons (Fsp3) is 0. The van der Waals surface area contributed by atoms with Crippen molar-refractivity contribution >= 4 is 27.3 Å². The molecule has 0 unspecified atom stereocenters. The number of aromatic nitrogens is 1. The molecule has 17 heavy (non-hydrogen) atoms. The van der Waals surface area contributed by atoms with Gasteiger partial charge in [0.1, 0.15) is 0 Å². The van der Waals surface area contributed by atoms with Gasteiger partial charge in [-0.2, -0.15) is 0 Å². The molecule has 0 aliphatic heterocycles. The summed E-state index contributed by atoms with van der Waals surface area (Å²) in [5.74, 6) is 0. The average Bonchev–Trinajstić information content (AvgIpc) is 2.39. The monoisotopic (exact) mass is 266 g/mol. The molecule has 0 radical (unpaired) electrons. The van der Waals surface area contributed by atoms with Crippen molar-refractivity contribution in [3.8, 4) is 11.3 Å². The molecule has 0 aliphatic rings. The molecule has 0 saturated heterocycles. The third-order valence-electron chi connectivity index (χ3n) is 2.20. The number of benzene rings is 1. The lowest BCUT2D eigenvalue weighted by atomic mass is 10.1. The molecule has 2 aromatic rings. The minimum Gasteiger partial charge on any atom is -0.258 e. The molecule has 1 aromatic carbocycles. The third-order valence-corrected chi connectivity index (χ3v) is 3.22. The molecule has 4 nitrogen and oxygen atoms in total. The number of pyridine rings is 1. The number of rotatable bonds is 3. The first-order chi connectivity index (χ1) is 8.22. The van der Waals surface area contributed by atoms with Gasteiger partial charge in [0.2, 0.25) is 0 Å². The number of hydrogen-bond acceptors (Lipinski definition) is 4. The van der Waals surface area contributed by atoms with Gasteiger partial charge in [0.05, 0.1) is 10.6 Å². The molecule has 1 aromatic heterocycles. The topological polar surface area (TPSA) is 56.0 Å². The first kappa shape index (κ1) is 11.9. The Labute approximate surface area is 106 Å². The number of halogens is 1. The predicted octanol–water partition coefficient (Wildman–Crippen LogP) is 3.90. The van der Waals surface area contributed by atoms with Crippen LogP contribution in [0.1, 0.15) is 0 Å². The van der Waals surface area contributed by atoms with E-state index in [2.05, 4.69) is 4.98 Å². The molecule has 0 amide bonds. The Balaban J connectivity index is 2.58. The molecule has 0 fully saturated rings. The van der Waals surface area contributed by atoms with E-state index >= 15 is 0 Å². The number of nitro benzene ring substituents is 1. The van der Waals surface area contributed by atoms with Crippen LogP contribution in [0, 0.1) is 10.1 Å². The maximum atomic E-state index is 10.7. The number of nitrogens with zero attached hydrogens (tertiary/aromatic N) is 2. The molecule has 0 atom stereocenters. The number of nitro groups is 1. The molecule has 0 spiro atoms. The molecule has 0 saturated carbocycles. The lowest BCUT2D eigenvalue weighted by Gasteiger charge is -2.05. The van der Waals surface area contributed by atoms with E-state index in [1.54, 1.807) is 24.4 Å². The zero-order valence-electron chi connectivity index (χ0n) is 8.54. The lowest BCUT2D eigenvalue weighted by molar-refractivity contribution is -0.384. The Kier molecular flexibility index (Phi) is 3.61. The van der Waals surface area contributed by atoms with Crippen LogP contribution in [0.15, 0.2) is 47.5 Å². The highest BCUT2D eigenvalue weighted by Crippen LogP contribution is 2.34. The van der Waals surface area contributed by atoms with Crippen LogP contribution < -0.4 is 0 Å². The van der Waals surface area contributed by atoms with Crippen LogP contribution in [0.25, 0.3) is 11.3 Å². The van der Waals surface area contributed by atoms with E-state index < -0.39 is 4.92 Å². The Morgan fingerprint density at radius 3 is 2.71 bits per heavy atom. The fourth-order valence-electron chi connectivity index (χ4n) is 1.42. The summed E-state index contributed by atoms with van der Waals surface area (Å²) in [5, 5.41) is 10.7. The van der Waals surface area contributed by atoms with E-state index in [-0.39, 0.29) is 5.69 Å². The lowest BCUT2D eigenvalue weighted by Crippen LogP contribution is -1.91. The van der Waals surface area contributed by atoms with Crippen LogP contribution in [0.4, 0.5) is 5.69 Å². The standard InChI is InChI=1S/C11H7ClN2O2S/c12-17-11-5-4-8(14(15)16)7-9(11)10-3-1-2-6-13-10/h1-7H. The van der Waals surface area contributed by atoms with Crippen LogP contribution in [0.2, 0.25) is 0 Å². The summed E-state index contributed by atoms with van der Waals surface area (Å²) in [6, 6.07) is 9.93. The summed E-state index contributed by atoms with van der Waals surface area (Å²) in [5.41, 5.74) is 1.36. The summed E-state index contributed by atoms with van der Waals surface area (Å²) in [6.07, 6.45) is 1.64. The van der Waals surface area contributed by atoms with Gasteiger partial charge in [0.25, 0.3) is 5.69 Å². The molecule has 0 N–H and O–H groups in total. The second kappa shape index (κ2) is 5.16. The molecule has 0 bridgehead atoms. The van der Waals surface area contributed by atoms with Crippen molar-refractivity contribution in [2.24, 2.45) is 0 Å².